The summed E-state index contributed by atoms with van der Waals surface area (Å²) in [7, 11) is 0. The second-order valence-corrected chi connectivity index (χ2v) is 6.30. The zero-order chi connectivity index (χ0) is 14.9. The van der Waals surface area contributed by atoms with Crippen LogP contribution in [0.3, 0.4) is 0 Å². The monoisotopic (exact) mass is 317 g/mol. The molecule has 7 heteroatoms. The molecule has 0 bridgehead atoms. The van der Waals surface area contributed by atoms with Gasteiger partial charge >= 0.3 is 0 Å². The van der Waals surface area contributed by atoms with Crippen molar-refractivity contribution < 1.29 is 4.79 Å². The summed E-state index contributed by atoms with van der Waals surface area (Å²) in [6, 6.07) is 0. The van der Waals surface area contributed by atoms with Crippen LogP contribution >= 0.6 is 23.2 Å². The summed E-state index contributed by atoms with van der Waals surface area (Å²) >= 11 is 11.5. The number of amides is 1. The van der Waals surface area contributed by atoms with Crippen LogP contribution < -0.4 is 5.56 Å². The fourth-order valence-corrected chi connectivity index (χ4v) is 2.92. The minimum atomic E-state index is -0.536. The van der Waals surface area contributed by atoms with E-state index in [9.17, 15) is 9.59 Å². The third kappa shape index (κ3) is 3.33. The highest BCUT2D eigenvalue weighted by Gasteiger charge is 2.26. The van der Waals surface area contributed by atoms with Crippen molar-refractivity contribution in [3.05, 3.63) is 26.6 Å². The van der Waals surface area contributed by atoms with Crippen LogP contribution in [0.2, 0.25) is 10.0 Å². The molecule has 0 spiro atoms. The Hall–Kier alpha value is -1.07. The van der Waals surface area contributed by atoms with Gasteiger partial charge in [0.2, 0.25) is 5.91 Å². The summed E-state index contributed by atoms with van der Waals surface area (Å²) < 4.78 is 1.06. The standard InChI is InChI=1S/C13H17Cl2N3O2/c1-8-3-9(2)6-17(5-8)11(19)7-18-13(20)12(15)10(14)4-16-18/h4,8-9H,3,5-7H2,1-2H3/t8-,9-/m1/s1. The zero-order valence-corrected chi connectivity index (χ0v) is 13.0. The first-order valence-electron chi connectivity index (χ1n) is 6.57. The van der Waals surface area contributed by atoms with Crippen LogP contribution in [-0.2, 0) is 11.3 Å². The predicted molar refractivity (Wildman–Crippen MR) is 78.0 cm³/mol. The van der Waals surface area contributed by atoms with Gasteiger partial charge in [-0.3, -0.25) is 9.59 Å². The number of piperidine rings is 1. The molecule has 0 radical (unpaired) electrons. The maximum absolute atomic E-state index is 12.3. The summed E-state index contributed by atoms with van der Waals surface area (Å²) in [6.07, 6.45) is 2.40. The summed E-state index contributed by atoms with van der Waals surface area (Å²) in [4.78, 5) is 25.9. The molecule has 0 saturated carbocycles. The first-order valence-corrected chi connectivity index (χ1v) is 7.33. The van der Waals surface area contributed by atoms with Gasteiger partial charge < -0.3 is 4.90 Å². The Bertz CT molecular complexity index is 563. The smallest absolute Gasteiger partial charge is 0.287 e. The van der Waals surface area contributed by atoms with Gasteiger partial charge in [-0.2, -0.15) is 5.10 Å². The molecule has 5 nitrogen and oxygen atoms in total. The number of hydrogen-bond acceptors (Lipinski definition) is 3. The number of likely N-dealkylation sites (tertiary alicyclic amines) is 1. The summed E-state index contributed by atoms with van der Waals surface area (Å²) in [5.74, 6) is 0.832. The molecular weight excluding hydrogens is 301 g/mol. The molecule has 1 aliphatic rings. The van der Waals surface area contributed by atoms with Crippen LogP contribution in [0, 0.1) is 11.8 Å². The Kier molecular flexibility index (Phi) is 4.70. The van der Waals surface area contributed by atoms with Gasteiger partial charge in [0.05, 0.1) is 11.2 Å². The van der Waals surface area contributed by atoms with Gasteiger partial charge in [-0.25, -0.2) is 4.68 Å². The molecule has 1 aromatic rings. The van der Waals surface area contributed by atoms with Crippen molar-refractivity contribution in [3.63, 3.8) is 0 Å². The molecule has 1 fully saturated rings. The lowest BCUT2D eigenvalue weighted by Gasteiger charge is -2.35. The highest BCUT2D eigenvalue weighted by atomic mass is 35.5. The van der Waals surface area contributed by atoms with Crippen LogP contribution in [0.1, 0.15) is 20.3 Å². The molecule has 0 unspecified atom stereocenters. The Morgan fingerprint density at radius 2 is 1.95 bits per heavy atom. The number of aromatic nitrogens is 2. The second kappa shape index (κ2) is 6.14. The Morgan fingerprint density at radius 1 is 1.35 bits per heavy atom. The predicted octanol–water partition coefficient (Wildman–Crippen LogP) is 2.05. The average Bonchev–Trinajstić information content (AvgIpc) is 2.38. The van der Waals surface area contributed by atoms with E-state index in [4.69, 9.17) is 23.2 Å². The lowest BCUT2D eigenvalue weighted by molar-refractivity contribution is -0.134. The van der Waals surface area contributed by atoms with Crippen molar-refractivity contribution >= 4 is 29.1 Å². The van der Waals surface area contributed by atoms with Crippen molar-refractivity contribution in [3.8, 4) is 0 Å². The number of carbonyl (C=O) groups is 1. The van der Waals surface area contributed by atoms with Gasteiger partial charge in [0, 0.05) is 13.1 Å². The number of hydrogen-bond donors (Lipinski definition) is 0. The molecule has 1 aromatic heterocycles. The van der Waals surface area contributed by atoms with Crippen molar-refractivity contribution in [2.75, 3.05) is 13.1 Å². The van der Waals surface area contributed by atoms with E-state index in [2.05, 4.69) is 18.9 Å². The van der Waals surface area contributed by atoms with Crippen LogP contribution in [-0.4, -0.2) is 33.7 Å². The van der Waals surface area contributed by atoms with E-state index in [1.165, 1.54) is 6.20 Å². The highest BCUT2D eigenvalue weighted by Crippen LogP contribution is 2.21. The quantitative estimate of drug-likeness (QED) is 0.839. The Morgan fingerprint density at radius 3 is 2.55 bits per heavy atom. The third-order valence-corrected chi connectivity index (χ3v) is 4.20. The summed E-state index contributed by atoms with van der Waals surface area (Å²) in [5, 5.41) is 3.85. The molecule has 2 rings (SSSR count). The topological polar surface area (TPSA) is 55.2 Å². The van der Waals surface area contributed by atoms with E-state index < -0.39 is 5.56 Å². The zero-order valence-electron chi connectivity index (χ0n) is 11.5. The molecule has 0 aromatic carbocycles. The number of halogens is 2. The lowest BCUT2D eigenvalue weighted by atomic mass is 9.92. The van der Waals surface area contributed by atoms with Crippen molar-refractivity contribution in [1.29, 1.82) is 0 Å². The highest BCUT2D eigenvalue weighted by molar-refractivity contribution is 6.41. The normalized spacial score (nSPS) is 22.9. The van der Waals surface area contributed by atoms with Gasteiger partial charge in [-0.15, -0.1) is 0 Å². The van der Waals surface area contributed by atoms with Crippen molar-refractivity contribution in [2.24, 2.45) is 11.8 Å². The maximum atomic E-state index is 12.3. The molecular formula is C13H17Cl2N3O2. The van der Waals surface area contributed by atoms with Gasteiger partial charge in [0.15, 0.2) is 0 Å². The lowest BCUT2D eigenvalue weighted by Crippen LogP contribution is -2.45. The van der Waals surface area contributed by atoms with Crippen LogP contribution in [0.25, 0.3) is 0 Å². The molecule has 2 heterocycles. The molecule has 1 amide bonds. The number of rotatable bonds is 2. The largest absolute Gasteiger partial charge is 0.341 e. The van der Waals surface area contributed by atoms with Crippen molar-refractivity contribution in [2.45, 2.75) is 26.8 Å². The van der Waals surface area contributed by atoms with Crippen molar-refractivity contribution in [1.82, 2.24) is 14.7 Å². The SMILES string of the molecule is C[C@@H]1C[C@@H](C)CN(C(=O)Cn2ncc(Cl)c(Cl)c2=O)C1. The molecule has 0 N–H and O–H groups in total. The molecule has 2 atom stereocenters. The fraction of sp³-hybridized carbons (Fsp3) is 0.615. The Labute approximate surface area is 127 Å². The Balaban J connectivity index is 2.12. The average molecular weight is 318 g/mol. The van der Waals surface area contributed by atoms with Crippen LogP contribution in [0.5, 0.6) is 0 Å². The van der Waals surface area contributed by atoms with E-state index in [-0.39, 0.29) is 22.5 Å². The maximum Gasteiger partial charge on any atom is 0.287 e. The third-order valence-electron chi connectivity index (χ3n) is 3.45. The summed E-state index contributed by atoms with van der Waals surface area (Å²) in [6.45, 7) is 5.59. The summed E-state index contributed by atoms with van der Waals surface area (Å²) in [5.41, 5.74) is -0.536. The first-order chi connectivity index (χ1) is 9.38. The van der Waals surface area contributed by atoms with Crippen LogP contribution in [0.4, 0.5) is 0 Å². The number of nitrogens with zero attached hydrogens (tertiary/aromatic N) is 3. The van der Waals surface area contributed by atoms with E-state index in [1.54, 1.807) is 4.90 Å². The van der Waals surface area contributed by atoms with Gasteiger partial charge in [0.25, 0.3) is 5.56 Å². The number of carbonyl (C=O) groups excluding carboxylic acids is 1. The van der Waals surface area contributed by atoms with E-state index in [0.717, 1.165) is 24.2 Å². The minimum Gasteiger partial charge on any atom is -0.341 e. The second-order valence-electron chi connectivity index (χ2n) is 5.51. The fourth-order valence-electron chi connectivity index (χ4n) is 2.65. The molecule has 1 saturated heterocycles. The molecule has 110 valence electrons. The van der Waals surface area contributed by atoms with Gasteiger partial charge in [-0.1, -0.05) is 37.0 Å². The van der Waals surface area contributed by atoms with Gasteiger partial charge in [-0.05, 0) is 18.3 Å². The van der Waals surface area contributed by atoms with Crippen LogP contribution in [0.15, 0.2) is 11.0 Å². The minimum absolute atomic E-state index is 0.0978. The first kappa shape index (κ1) is 15.3. The molecule has 0 aliphatic carbocycles. The van der Waals surface area contributed by atoms with E-state index in [0.29, 0.717) is 11.8 Å². The molecule has 1 aliphatic heterocycles. The van der Waals surface area contributed by atoms with E-state index in [1.807, 2.05) is 0 Å². The van der Waals surface area contributed by atoms with Gasteiger partial charge in [0.1, 0.15) is 11.6 Å². The van der Waals surface area contributed by atoms with E-state index >= 15 is 0 Å². The molecule has 20 heavy (non-hydrogen) atoms.